The summed E-state index contributed by atoms with van der Waals surface area (Å²) in [5.41, 5.74) is 4.82. The van der Waals surface area contributed by atoms with Crippen LogP contribution in [0.25, 0.3) is 0 Å². The molecule has 0 aromatic heterocycles. The second-order valence-corrected chi connectivity index (χ2v) is 5.52. The van der Waals surface area contributed by atoms with Gasteiger partial charge >= 0.3 is 0 Å². The quantitative estimate of drug-likeness (QED) is 0.619. The first kappa shape index (κ1) is 10.4. The maximum absolute atomic E-state index is 4.23. The molecular weight excluding hydrogens is 172 g/mol. The van der Waals surface area contributed by atoms with Gasteiger partial charge in [-0.25, -0.2) is 0 Å². The minimum absolute atomic E-state index is 0.586. The van der Waals surface area contributed by atoms with E-state index in [1.807, 2.05) is 4.90 Å². The summed E-state index contributed by atoms with van der Waals surface area (Å²) in [6.07, 6.45) is 8.66. The van der Waals surface area contributed by atoms with Crippen molar-refractivity contribution < 1.29 is 10.6 Å². The molecule has 1 aliphatic heterocycles. The van der Waals surface area contributed by atoms with Crippen molar-refractivity contribution in [2.75, 3.05) is 19.6 Å². The molecule has 1 saturated carbocycles. The molecule has 82 valence electrons. The van der Waals surface area contributed by atoms with Crippen LogP contribution in [0.3, 0.4) is 0 Å². The summed E-state index contributed by atoms with van der Waals surface area (Å²) in [6.45, 7) is 6.41. The number of nitrogens with one attached hydrogen (secondary N) is 1. The lowest BCUT2D eigenvalue weighted by molar-refractivity contribution is -0.950. The van der Waals surface area contributed by atoms with Crippen molar-refractivity contribution >= 4 is 0 Å². The Bertz CT molecular complexity index is 177. The number of hydrogen-bond acceptors (Lipinski definition) is 0. The molecule has 2 rings (SSSR count). The van der Waals surface area contributed by atoms with Crippen molar-refractivity contribution in [3.05, 3.63) is 0 Å². The Morgan fingerprint density at radius 1 is 1.21 bits per heavy atom. The lowest BCUT2D eigenvalue weighted by atomic mass is 9.76. The molecule has 1 heterocycles. The average Bonchev–Trinajstić information content (AvgIpc) is 2.73. The molecule has 0 bridgehead atoms. The van der Waals surface area contributed by atoms with E-state index >= 15 is 0 Å². The fourth-order valence-corrected chi connectivity index (χ4v) is 3.43. The molecule has 2 fully saturated rings. The van der Waals surface area contributed by atoms with Crippen LogP contribution in [0.5, 0.6) is 0 Å². The minimum Gasteiger partial charge on any atom is -0.352 e. The van der Waals surface area contributed by atoms with Crippen molar-refractivity contribution in [2.45, 2.75) is 51.0 Å². The number of rotatable bonds is 2. The van der Waals surface area contributed by atoms with Gasteiger partial charge in [-0.05, 0) is 18.8 Å². The Labute approximate surface area is 87.8 Å². The van der Waals surface area contributed by atoms with E-state index in [1.54, 1.807) is 0 Å². The molecule has 0 aromatic carbocycles. The van der Waals surface area contributed by atoms with E-state index in [1.165, 1.54) is 51.6 Å². The highest BCUT2D eigenvalue weighted by molar-refractivity contribution is 4.84. The van der Waals surface area contributed by atoms with Gasteiger partial charge in [0.25, 0.3) is 0 Å². The molecule has 0 atom stereocenters. The predicted molar refractivity (Wildman–Crippen MR) is 58.0 cm³/mol. The van der Waals surface area contributed by atoms with E-state index in [9.17, 15) is 0 Å². The zero-order chi connectivity index (χ0) is 10.0. The van der Waals surface area contributed by atoms with Gasteiger partial charge in [-0.3, -0.25) is 0 Å². The van der Waals surface area contributed by atoms with Crippen LogP contribution in [-0.2, 0) is 0 Å². The third-order valence-electron chi connectivity index (χ3n) is 4.67. The van der Waals surface area contributed by atoms with Crippen LogP contribution in [0.2, 0.25) is 0 Å². The fraction of sp³-hybridized carbons (Fsp3) is 1.00. The van der Waals surface area contributed by atoms with E-state index in [0.29, 0.717) is 5.54 Å². The van der Waals surface area contributed by atoms with Crippen molar-refractivity contribution in [3.63, 3.8) is 0 Å². The van der Waals surface area contributed by atoms with Gasteiger partial charge in [-0.1, -0.05) is 6.92 Å². The summed E-state index contributed by atoms with van der Waals surface area (Å²) in [7, 11) is 0. The number of likely N-dealkylation sites (tertiary alicyclic amines) is 1. The second kappa shape index (κ2) is 4.19. The summed E-state index contributed by atoms with van der Waals surface area (Å²) in [6, 6.07) is 0. The van der Waals surface area contributed by atoms with E-state index in [0.717, 1.165) is 12.5 Å². The van der Waals surface area contributed by atoms with E-state index in [4.69, 9.17) is 0 Å². The first-order valence-corrected chi connectivity index (χ1v) is 6.41. The third-order valence-corrected chi connectivity index (χ3v) is 4.67. The van der Waals surface area contributed by atoms with Crippen molar-refractivity contribution in [3.8, 4) is 0 Å². The van der Waals surface area contributed by atoms with E-state index < -0.39 is 0 Å². The fourth-order valence-electron chi connectivity index (χ4n) is 3.43. The van der Waals surface area contributed by atoms with Gasteiger partial charge in [0.1, 0.15) is 12.1 Å². The highest BCUT2D eigenvalue weighted by Crippen LogP contribution is 2.29. The normalized spacial score (nSPS) is 40.3. The lowest BCUT2D eigenvalue weighted by Crippen LogP contribution is -3.20. The predicted octanol–water partition coefficient (Wildman–Crippen LogP) is -0.144. The molecule has 2 heteroatoms. The summed E-state index contributed by atoms with van der Waals surface area (Å²) in [4.78, 5) is 1.89. The van der Waals surface area contributed by atoms with Crippen LogP contribution >= 0.6 is 0 Å². The molecule has 0 spiro atoms. The maximum atomic E-state index is 4.23. The molecule has 14 heavy (non-hydrogen) atoms. The molecule has 4 N–H and O–H groups in total. The third kappa shape index (κ3) is 1.82. The Hall–Kier alpha value is -0.0800. The first-order valence-electron chi connectivity index (χ1n) is 6.41. The largest absolute Gasteiger partial charge is 0.352 e. The summed E-state index contributed by atoms with van der Waals surface area (Å²) >= 11 is 0. The van der Waals surface area contributed by atoms with Crippen LogP contribution < -0.4 is 10.6 Å². The molecule has 2 aliphatic rings. The Balaban J connectivity index is 2.01. The van der Waals surface area contributed by atoms with Crippen LogP contribution in [0, 0.1) is 5.92 Å². The topological polar surface area (TPSA) is 32.1 Å². The monoisotopic (exact) mass is 198 g/mol. The highest BCUT2D eigenvalue weighted by Gasteiger charge is 2.44. The molecule has 2 nitrogen and oxygen atoms in total. The average molecular weight is 198 g/mol. The summed E-state index contributed by atoms with van der Waals surface area (Å²) < 4.78 is 0. The highest BCUT2D eigenvalue weighted by atomic mass is 15.2. The Kier molecular flexibility index (Phi) is 3.13. The molecule has 0 amide bonds. The molecular formula is C12H26N2+2. The van der Waals surface area contributed by atoms with Crippen LogP contribution in [0.1, 0.15) is 45.4 Å². The zero-order valence-electron chi connectivity index (χ0n) is 9.65. The molecule has 0 radical (unpaired) electrons. The number of hydrogen-bond donors (Lipinski definition) is 2. The smallest absolute Gasteiger partial charge is 0.147 e. The van der Waals surface area contributed by atoms with Gasteiger partial charge in [-0.15, -0.1) is 0 Å². The summed E-state index contributed by atoms with van der Waals surface area (Å²) in [5, 5.41) is 0. The Morgan fingerprint density at radius 3 is 2.29 bits per heavy atom. The van der Waals surface area contributed by atoms with Gasteiger partial charge in [-0.2, -0.15) is 0 Å². The lowest BCUT2D eigenvalue weighted by Gasteiger charge is -2.40. The van der Waals surface area contributed by atoms with E-state index in [-0.39, 0.29) is 0 Å². The van der Waals surface area contributed by atoms with Gasteiger partial charge in [0.15, 0.2) is 0 Å². The molecule has 1 saturated heterocycles. The second-order valence-electron chi connectivity index (χ2n) is 5.52. The molecule has 0 aromatic rings. The van der Waals surface area contributed by atoms with Gasteiger partial charge < -0.3 is 10.6 Å². The van der Waals surface area contributed by atoms with Gasteiger partial charge in [0.2, 0.25) is 0 Å². The zero-order valence-corrected chi connectivity index (χ0v) is 9.65. The van der Waals surface area contributed by atoms with Crippen molar-refractivity contribution in [2.24, 2.45) is 5.92 Å². The van der Waals surface area contributed by atoms with Crippen molar-refractivity contribution in [1.82, 2.24) is 0 Å². The summed E-state index contributed by atoms with van der Waals surface area (Å²) in [5.74, 6) is 0.969. The molecule has 1 aliphatic carbocycles. The minimum atomic E-state index is 0.586. The van der Waals surface area contributed by atoms with Gasteiger partial charge in [0.05, 0.1) is 13.1 Å². The van der Waals surface area contributed by atoms with Gasteiger partial charge in [0, 0.05) is 25.7 Å². The van der Waals surface area contributed by atoms with E-state index in [2.05, 4.69) is 12.7 Å². The SMILES string of the molecule is CC1CCC(C[NH3+])([NH+]2CCCC2)CC1. The molecule has 0 unspecified atom stereocenters. The van der Waals surface area contributed by atoms with Crippen LogP contribution in [0.15, 0.2) is 0 Å². The first-order chi connectivity index (χ1) is 6.77. The maximum Gasteiger partial charge on any atom is 0.147 e. The Morgan fingerprint density at radius 2 is 1.79 bits per heavy atom. The standard InChI is InChI=1S/C12H24N2/c1-11-4-6-12(10-13,7-5-11)14-8-2-3-9-14/h11H,2-10,13H2,1H3/p+2. The number of quaternary nitrogens is 2. The van der Waals surface area contributed by atoms with Crippen molar-refractivity contribution in [1.29, 1.82) is 0 Å². The van der Waals surface area contributed by atoms with Crippen LogP contribution in [-0.4, -0.2) is 25.2 Å². The van der Waals surface area contributed by atoms with Crippen LogP contribution in [0.4, 0.5) is 0 Å².